The minimum atomic E-state index is -2.97. The van der Waals surface area contributed by atoms with E-state index in [9.17, 15) is 13.2 Å². The van der Waals surface area contributed by atoms with Gasteiger partial charge in [0.25, 0.3) is 5.91 Å². The molecule has 0 saturated carbocycles. The molecular weight excluding hydrogens is 270 g/mol. The highest BCUT2D eigenvalue weighted by Crippen LogP contribution is 2.16. The van der Waals surface area contributed by atoms with Crippen LogP contribution in [0.5, 0.6) is 5.75 Å². The van der Waals surface area contributed by atoms with Gasteiger partial charge in [-0.3, -0.25) is 4.79 Å². The molecule has 0 aliphatic rings. The van der Waals surface area contributed by atoms with Crippen molar-refractivity contribution in [2.24, 2.45) is 5.73 Å². The monoisotopic (exact) mass is 287 g/mol. The van der Waals surface area contributed by atoms with E-state index >= 15 is 0 Å². The van der Waals surface area contributed by atoms with Crippen molar-refractivity contribution >= 4 is 15.7 Å². The van der Waals surface area contributed by atoms with Gasteiger partial charge in [-0.1, -0.05) is 0 Å². The number of nitrogens with zero attached hydrogens (tertiary/aromatic N) is 1. The Morgan fingerprint density at radius 2 is 2.21 bits per heavy atom. The third-order valence-electron chi connectivity index (χ3n) is 2.34. The lowest BCUT2D eigenvalue weighted by atomic mass is 10.2. The number of methoxy groups -OCH3 is 1. The van der Waals surface area contributed by atoms with Crippen LogP contribution >= 0.6 is 0 Å². The highest BCUT2D eigenvalue weighted by Gasteiger charge is 2.11. The highest BCUT2D eigenvalue weighted by atomic mass is 32.2. The van der Waals surface area contributed by atoms with E-state index in [1.807, 2.05) is 0 Å². The van der Waals surface area contributed by atoms with Gasteiger partial charge in [0, 0.05) is 25.5 Å². The molecule has 1 amide bonds. The van der Waals surface area contributed by atoms with Crippen LogP contribution in [-0.4, -0.2) is 45.0 Å². The molecule has 0 radical (unpaired) electrons. The number of nitrogens with one attached hydrogen (secondary N) is 1. The molecule has 106 valence electrons. The van der Waals surface area contributed by atoms with E-state index in [1.54, 1.807) is 6.07 Å². The summed E-state index contributed by atoms with van der Waals surface area (Å²) in [4.78, 5) is 15.0. The standard InChI is InChI=1S/C11H17N3O4S/c1-18-9-5-8(7-14-10(9)11(12)15)6-13-3-4-19(2,16)17/h5,7,13H,3-4,6H2,1-2H3,(H2,12,15). The second-order valence-electron chi connectivity index (χ2n) is 4.07. The quantitative estimate of drug-likeness (QED) is 0.643. The van der Waals surface area contributed by atoms with Crippen LogP contribution in [0.4, 0.5) is 0 Å². The van der Waals surface area contributed by atoms with Gasteiger partial charge in [-0.25, -0.2) is 13.4 Å². The van der Waals surface area contributed by atoms with E-state index in [2.05, 4.69) is 10.3 Å². The lowest BCUT2D eigenvalue weighted by molar-refractivity contribution is 0.0992. The fraction of sp³-hybridized carbons (Fsp3) is 0.455. The van der Waals surface area contributed by atoms with Crippen LogP contribution < -0.4 is 15.8 Å². The summed E-state index contributed by atoms with van der Waals surface area (Å²) in [7, 11) is -1.55. The van der Waals surface area contributed by atoms with E-state index in [0.29, 0.717) is 18.8 Å². The number of amides is 1. The van der Waals surface area contributed by atoms with E-state index < -0.39 is 15.7 Å². The van der Waals surface area contributed by atoms with Gasteiger partial charge in [-0.15, -0.1) is 0 Å². The van der Waals surface area contributed by atoms with Gasteiger partial charge in [-0.05, 0) is 11.6 Å². The van der Waals surface area contributed by atoms with Gasteiger partial charge in [0.1, 0.15) is 9.84 Å². The Morgan fingerprint density at radius 1 is 1.53 bits per heavy atom. The first-order valence-electron chi connectivity index (χ1n) is 5.54. The summed E-state index contributed by atoms with van der Waals surface area (Å²) in [6.45, 7) is 0.774. The van der Waals surface area contributed by atoms with E-state index in [4.69, 9.17) is 10.5 Å². The number of rotatable bonds is 7. The topological polar surface area (TPSA) is 111 Å². The third kappa shape index (κ3) is 5.23. The SMILES string of the molecule is COc1cc(CNCCS(C)(=O)=O)cnc1C(N)=O. The number of ether oxygens (including phenoxy) is 1. The Bertz CT molecular complexity index is 557. The summed E-state index contributed by atoms with van der Waals surface area (Å²) in [5, 5.41) is 2.97. The summed E-state index contributed by atoms with van der Waals surface area (Å²) in [6, 6.07) is 1.64. The maximum absolute atomic E-state index is 11.1. The van der Waals surface area contributed by atoms with Gasteiger partial charge in [0.2, 0.25) is 0 Å². The number of sulfone groups is 1. The van der Waals surface area contributed by atoms with Gasteiger partial charge in [0.15, 0.2) is 11.4 Å². The van der Waals surface area contributed by atoms with Crippen LogP contribution in [0.1, 0.15) is 16.1 Å². The fourth-order valence-corrected chi connectivity index (χ4v) is 1.93. The summed E-state index contributed by atoms with van der Waals surface area (Å²) in [5.74, 6) is -0.292. The number of aromatic nitrogens is 1. The number of nitrogens with two attached hydrogens (primary N) is 1. The van der Waals surface area contributed by atoms with E-state index in [0.717, 1.165) is 5.56 Å². The molecule has 8 heteroatoms. The molecule has 0 saturated heterocycles. The predicted octanol–water partition coefficient (Wildman–Crippen LogP) is -0.677. The van der Waals surface area contributed by atoms with Crippen LogP contribution in [0.25, 0.3) is 0 Å². The zero-order chi connectivity index (χ0) is 14.5. The summed E-state index contributed by atoms with van der Waals surface area (Å²) in [5.41, 5.74) is 5.99. The number of carbonyl (C=O) groups is 1. The van der Waals surface area contributed by atoms with Gasteiger partial charge in [-0.2, -0.15) is 0 Å². The largest absolute Gasteiger partial charge is 0.494 e. The Labute approximate surface area is 112 Å². The zero-order valence-electron chi connectivity index (χ0n) is 10.8. The summed E-state index contributed by atoms with van der Waals surface area (Å²) < 4.78 is 26.9. The molecule has 1 aromatic heterocycles. The van der Waals surface area contributed by atoms with Gasteiger partial charge < -0.3 is 15.8 Å². The van der Waals surface area contributed by atoms with Crippen LogP contribution in [0.2, 0.25) is 0 Å². The van der Waals surface area contributed by atoms with Crippen molar-refractivity contribution in [1.82, 2.24) is 10.3 Å². The van der Waals surface area contributed by atoms with Crippen LogP contribution in [0, 0.1) is 0 Å². The molecule has 0 spiro atoms. The lowest BCUT2D eigenvalue weighted by Gasteiger charge is -2.08. The number of hydrogen-bond acceptors (Lipinski definition) is 6. The van der Waals surface area contributed by atoms with Crippen molar-refractivity contribution < 1.29 is 17.9 Å². The van der Waals surface area contributed by atoms with Crippen molar-refractivity contribution in [3.8, 4) is 5.75 Å². The molecule has 0 atom stereocenters. The number of carbonyl (C=O) groups excluding carboxylic acids is 1. The van der Waals surface area contributed by atoms with Crippen LogP contribution in [0.15, 0.2) is 12.3 Å². The van der Waals surface area contributed by atoms with Crippen molar-refractivity contribution in [2.45, 2.75) is 6.54 Å². The number of pyridine rings is 1. The maximum Gasteiger partial charge on any atom is 0.271 e. The minimum Gasteiger partial charge on any atom is -0.494 e. The molecule has 19 heavy (non-hydrogen) atoms. The molecular formula is C11H17N3O4S. The molecule has 7 nitrogen and oxygen atoms in total. The summed E-state index contributed by atoms with van der Waals surface area (Å²) >= 11 is 0. The van der Waals surface area contributed by atoms with Crippen molar-refractivity contribution in [3.63, 3.8) is 0 Å². The molecule has 1 aromatic rings. The predicted molar refractivity (Wildman–Crippen MR) is 70.7 cm³/mol. The van der Waals surface area contributed by atoms with Crippen molar-refractivity contribution in [1.29, 1.82) is 0 Å². The lowest BCUT2D eigenvalue weighted by Crippen LogP contribution is -2.22. The molecule has 0 aromatic carbocycles. The number of hydrogen-bond donors (Lipinski definition) is 2. The molecule has 1 heterocycles. The second kappa shape index (κ2) is 6.48. The summed E-state index contributed by atoms with van der Waals surface area (Å²) in [6.07, 6.45) is 2.68. The first kappa shape index (κ1) is 15.4. The van der Waals surface area contributed by atoms with Crippen molar-refractivity contribution in [3.05, 3.63) is 23.5 Å². The fourth-order valence-electron chi connectivity index (χ4n) is 1.41. The normalized spacial score (nSPS) is 11.3. The third-order valence-corrected chi connectivity index (χ3v) is 3.29. The second-order valence-corrected chi connectivity index (χ2v) is 6.33. The van der Waals surface area contributed by atoms with Crippen molar-refractivity contribution in [2.75, 3.05) is 25.7 Å². The highest BCUT2D eigenvalue weighted by molar-refractivity contribution is 7.90. The Morgan fingerprint density at radius 3 is 2.74 bits per heavy atom. The first-order valence-corrected chi connectivity index (χ1v) is 7.60. The molecule has 0 unspecified atom stereocenters. The van der Waals surface area contributed by atoms with E-state index in [-0.39, 0.29) is 11.4 Å². The Kier molecular flexibility index (Phi) is 5.25. The van der Waals surface area contributed by atoms with Crippen LogP contribution in [-0.2, 0) is 16.4 Å². The zero-order valence-corrected chi connectivity index (χ0v) is 11.7. The molecule has 0 aliphatic heterocycles. The average molecular weight is 287 g/mol. The van der Waals surface area contributed by atoms with Gasteiger partial charge >= 0.3 is 0 Å². The molecule has 0 bridgehead atoms. The Balaban J connectivity index is 2.63. The molecule has 0 fully saturated rings. The smallest absolute Gasteiger partial charge is 0.271 e. The van der Waals surface area contributed by atoms with Crippen LogP contribution in [0.3, 0.4) is 0 Å². The molecule has 1 rings (SSSR count). The Hall–Kier alpha value is -1.67. The number of primary amides is 1. The van der Waals surface area contributed by atoms with Gasteiger partial charge in [0.05, 0.1) is 12.9 Å². The average Bonchev–Trinajstić information content (AvgIpc) is 2.33. The maximum atomic E-state index is 11.1. The molecule has 3 N–H and O–H groups in total. The first-order chi connectivity index (χ1) is 8.83. The van der Waals surface area contributed by atoms with E-state index in [1.165, 1.54) is 19.6 Å². The molecule has 0 aliphatic carbocycles. The minimum absolute atomic E-state index is 0.0664.